The minimum absolute atomic E-state index is 0.427. The summed E-state index contributed by atoms with van der Waals surface area (Å²) in [7, 11) is 0. The van der Waals surface area contributed by atoms with Gasteiger partial charge in [-0.3, -0.25) is 9.80 Å². The maximum atomic E-state index is 5.42. The first-order chi connectivity index (χ1) is 12.2. The molecule has 5 rings (SSSR count). The van der Waals surface area contributed by atoms with Crippen molar-refractivity contribution in [2.45, 2.75) is 63.6 Å². The molecule has 3 heterocycles. The van der Waals surface area contributed by atoms with Crippen LogP contribution in [0.4, 0.5) is 0 Å². The summed E-state index contributed by atoms with van der Waals surface area (Å²) in [6.07, 6.45) is 4.80. The molecule has 0 bridgehead atoms. The Bertz CT molecular complexity index is 735. The van der Waals surface area contributed by atoms with Crippen LogP contribution < -0.4 is 0 Å². The van der Waals surface area contributed by atoms with Gasteiger partial charge in [0.25, 0.3) is 0 Å². The Labute approximate surface area is 146 Å². The van der Waals surface area contributed by atoms with Gasteiger partial charge in [-0.1, -0.05) is 10.3 Å². The van der Waals surface area contributed by atoms with E-state index in [9.17, 15) is 0 Å². The van der Waals surface area contributed by atoms with Crippen molar-refractivity contribution in [1.29, 1.82) is 0 Å². The summed E-state index contributed by atoms with van der Waals surface area (Å²) in [5.74, 6) is 4.36. The van der Waals surface area contributed by atoms with E-state index in [1.165, 1.54) is 25.7 Å². The zero-order valence-electron chi connectivity index (χ0n) is 14.6. The maximum absolute atomic E-state index is 5.42. The van der Waals surface area contributed by atoms with Crippen LogP contribution >= 0.6 is 0 Å². The van der Waals surface area contributed by atoms with Gasteiger partial charge in [0.05, 0.1) is 13.1 Å². The van der Waals surface area contributed by atoms with Crippen LogP contribution in [0.5, 0.6) is 0 Å². The van der Waals surface area contributed by atoms with Crippen molar-refractivity contribution in [1.82, 2.24) is 30.1 Å². The van der Waals surface area contributed by atoms with E-state index in [-0.39, 0.29) is 0 Å². The fraction of sp³-hybridized carbons (Fsp3) is 0.765. The molecule has 1 aliphatic heterocycles. The van der Waals surface area contributed by atoms with Gasteiger partial charge in [0.15, 0.2) is 11.6 Å². The molecule has 25 heavy (non-hydrogen) atoms. The van der Waals surface area contributed by atoms with Crippen molar-refractivity contribution in [2.75, 3.05) is 19.6 Å². The van der Waals surface area contributed by atoms with Gasteiger partial charge in [0.1, 0.15) is 0 Å². The number of aromatic nitrogens is 4. The van der Waals surface area contributed by atoms with Gasteiger partial charge >= 0.3 is 0 Å². The second-order valence-electron chi connectivity index (χ2n) is 7.70. The van der Waals surface area contributed by atoms with Crippen molar-refractivity contribution < 1.29 is 9.05 Å². The van der Waals surface area contributed by atoms with E-state index in [0.29, 0.717) is 17.9 Å². The Balaban J connectivity index is 1.15. The first-order valence-electron chi connectivity index (χ1n) is 9.36. The van der Waals surface area contributed by atoms with Crippen LogP contribution in [0.3, 0.4) is 0 Å². The topological polar surface area (TPSA) is 84.3 Å². The second kappa shape index (κ2) is 6.17. The minimum Gasteiger partial charge on any atom is -0.338 e. The first kappa shape index (κ1) is 15.5. The molecule has 2 saturated carbocycles. The standard InChI is InChI=1S/C17H24N6O2/c1-11-8-22(9-14-18-16(20-24-14)12-2-3-12)6-7-23(11)10-15-19-17(21-25-15)13-4-5-13/h11-13H,2-10H2,1H3/t11-/m0/s1. The zero-order valence-corrected chi connectivity index (χ0v) is 14.6. The molecule has 1 saturated heterocycles. The minimum atomic E-state index is 0.427. The van der Waals surface area contributed by atoms with Gasteiger partial charge in [-0.15, -0.1) is 0 Å². The molecule has 2 aromatic heterocycles. The zero-order chi connectivity index (χ0) is 16.8. The van der Waals surface area contributed by atoms with Gasteiger partial charge in [-0.2, -0.15) is 9.97 Å². The van der Waals surface area contributed by atoms with E-state index in [2.05, 4.69) is 37.0 Å². The van der Waals surface area contributed by atoms with Crippen LogP contribution in [0.2, 0.25) is 0 Å². The summed E-state index contributed by atoms with van der Waals surface area (Å²) >= 11 is 0. The van der Waals surface area contributed by atoms with E-state index < -0.39 is 0 Å². The number of piperazine rings is 1. The predicted octanol–water partition coefficient (Wildman–Crippen LogP) is 1.91. The van der Waals surface area contributed by atoms with E-state index in [1.807, 2.05) is 0 Å². The molecule has 0 N–H and O–H groups in total. The smallest absolute Gasteiger partial charge is 0.240 e. The quantitative estimate of drug-likeness (QED) is 0.786. The third-order valence-electron chi connectivity index (χ3n) is 5.40. The summed E-state index contributed by atoms with van der Waals surface area (Å²) in [4.78, 5) is 13.9. The average molecular weight is 344 g/mol. The Morgan fingerprint density at radius 3 is 2.04 bits per heavy atom. The Hall–Kier alpha value is -1.80. The van der Waals surface area contributed by atoms with Crippen molar-refractivity contribution in [3.63, 3.8) is 0 Å². The molecule has 0 amide bonds. The maximum Gasteiger partial charge on any atom is 0.240 e. The molecule has 134 valence electrons. The summed E-state index contributed by atoms with van der Waals surface area (Å²) in [5.41, 5.74) is 0. The van der Waals surface area contributed by atoms with Crippen molar-refractivity contribution in [3.8, 4) is 0 Å². The summed E-state index contributed by atoms with van der Waals surface area (Å²) < 4.78 is 10.8. The lowest BCUT2D eigenvalue weighted by Crippen LogP contribution is -2.51. The van der Waals surface area contributed by atoms with E-state index in [1.54, 1.807) is 0 Å². The van der Waals surface area contributed by atoms with Crippen molar-refractivity contribution >= 4 is 0 Å². The highest BCUT2D eigenvalue weighted by atomic mass is 16.5. The van der Waals surface area contributed by atoms with Gasteiger partial charge in [-0.05, 0) is 32.6 Å². The van der Waals surface area contributed by atoms with Crippen molar-refractivity contribution in [3.05, 3.63) is 23.4 Å². The van der Waals surface area contributed by atoms with Gasteiger partial charge in [0, 0.05) is 37.5 Å². The van der Waals surface area contributed by atoms with Crippen molar-refractivity contribution in [2.24, 2.45) is 0 Å². The van der Waals surface area contributed by atoms with Crippen LogP contribution in [0, 0.1) is 0 Å². The highest BCUT2D eigenvalue weighted by Crippen LogP contribution is 2.38. The molecule has 2 aromatic rings. The van der Waals surface area contributed by atoms with E-state index in [4.69, 9.17) is 9.05 Å². The monoisotopic (exact) mass is 344 g/mol. The Morgan fingerprint density at radius 2 is 1.48 bits per heavy atom. The average Bonchev–Trinajstić information content (AvgIpc) is 3.54. The normalized spacial score (nSPS) is 25.6. The molecule has 3 aliphatic rings. The Kier molecular flexibility index (Phi) is 3.82. The third kappa shape index (κ3) is 3.46. The molecule has 0 radical (unpaired) electrons. The van der Waals surface area contributed by atoms with E-state index >= 15 is 0 Å². The molecule has 8 nitrogen and oxygen atoms in total. The van der Waals surface area contributed by atoms with Crippen LogP contribution in [0.15, 0.2) is 9.05 Å². The SMILES string of the molecule is C[C@H]1CN(Cc2nc(C3CC3)no2)CCN1Cc1nc(C2CC2)no1. The number of hydrogen-bond donors (Lipinski definition) is 0. The fourth-order valence-electron chi connectivity index (χ4n) is 3.49. The molecule has 8 heteroatoms. The van der Waals surface area contributed by atoms with Crippen LogP contribution in [-0.4, -0.2) is 55.8 Å². The first-order valence-corrected chi connectivity index (χ1v) is 9.36. The molecular formula is C17H24N6O2. The van der Waals surface area contributed by atoms with Crippen LogP contribution in [0.25, 0.3) is 0 Å². The lowest BCUT2D eigenvalue weighted by Gasteiger charge is -2.38. The highest BCUT2D eigenvalue weighted by molar-refractivity contribution is 5.04. The molecule has 1 atom stereocenters. The van der Waals surface area contributed by atoms with E-state index in [0.717, 1.165) is 56.2 Å². The largest absolute Gasteiger partial charge is 0.338 e. The Morgan fingerprint density at radius 1 is 0.880 bits per heavy atom. The number of rotatable bonds is 6. The van der Waals surface area contributed by atoms with Crippen LogP contribution in [-0.2, 0) is 13.1 Å². The van der Waals surface area contributed by atoms with Gasteiger partial charge < -0.3 is 9.05 Å². The summed E-state index contributed by atoms with van der Waals surface area (Å²) in [6, 6.07) is 0.427. The molecule has 3 fully saturated rings. The molecule has 2 aliphatic carbocycles. The lowest BCUT2D eigenvalue weighted by atomic mass is 10.2. The number of hydrogen-bond acceptors (Lipinski definition) is 8. The number of nitrogens with zero attached hydrogens (tertiary/aromatic N) is 6. The van der Waals surface area contributed by atoms with Gasteiger partial charge in [0.2, 0.25) is 11.8 Å². The summed E-state index contributed by atoms with van der Waals surface area (Å²) in [6.45, 7) is 6.66. The fourth-order valence-corrected chi connectivity index (χ4v) is 3.49. The molecule has 0 unspecified atom stereocenters. The summed E-state index contributed by atoms with van der Waals surface area (Å²) in [5, 5.41) is 8.21. The van der Waals surface area contributed by atoms with Gasteiger partial charge in [-0.25, -0.2) is 0 Å². The third-order valence-corrected chi connectivity index (χ3v) is 5.40. The molecule has 0 spiro atoms. The molecular weight excluding hydrogens is 320 g/mol. The molecule has 0 aromatic carbocycles. The van der Waals surface area contributed by atoms with Crippen LogP contribution in [0.1, 0.15) is 67.9 Å². The highest BCUT2D eigenvalue weighted by Gasteiger charge is 2.31. The lowest BCUT2D eigenvalue weighted by molar-refractivity contribution is 0.0594. The predicted molar refractivity (Wildman–Crippen MR) is 87.7 cm³/mol. The second-order valence-corrected chi connectivity index (χ2v) is 7.70.